The predicted octanol–water partition coefficient (Wildman–Crippen LogP) is 20.0. The van der Waals surface area contributed by atoms with E-state index < -0.39 is 0 Å². The standard InChI is InChI=1S/C71H56N2/c1-47-12-22-52(23-13-47)24-25-53-26-38-59(39-27-53)72(57-34-18-50(4)19-35-57)68-44-42-63-62-9-7-11-66-69(45-43-64(71(62)66)61-8-6-10-65(68)70(61)63)73(58-36-20-51(5)21-37-58)60-40-28-54(29-41-60)46-67(55-30-14-48(2)15-31-55)56-32-16-49(3)17-33-56/h6-46H,1-5H3/b25-24+. The molecule has 12 rings (SSSR count). The second-order valence-corrected chi connectivity index (χ2v) is 19.8. The third-order valence-electron chi connectivity index (χ3n) is 14.6. The number of nitrogens with zero attached hydrogens (tertiary/aromatic N) is 2. The summed E-state index contributed by atoms with van der Waals surface area (Å²) in [7, 11) is 0. The van der Waals surface area contributed by atoms with Crippen molar-refractivity contribution < 1.29 is 0 Å². The number of rotatable bonds is 11. The van der Waals surface area contributed by atoms with Gasteiger partial charge in [-0.05, 0) is 167 Å². The van der Waals surface area contributed by atoms with E-state index in [9.17, 15) is 0 Å². The minimum Gasteiger partial charge on any atom is -0.310 e. The summed E-state index contributed by atoms with van der Waals surface area (Å²) >= 11 is 0. The number of hydrogen-bond donors (Lipinski definition) is 0. The number of fused-ring (bicyclic) bond motifs is 2. The molecule has 0 aliphatic rings. The molecule has 2 nitrogen and oxygen atoms in total. The largest absolute Gasteiger partial charge is 0.310 e. The van der Waals surface area contributed by atoms with Gasteiger partial charge in [0.15, 0.2) is 0 Å². The lowest BCUT2D eigenvalue weighted by Gasteiger charge is -2.29. The van der Waals surface area contributed by atoms with Crippen molar-refractivity contribution >= 4 is 101 Å². The van der Waals surface area contributed by atoms with Gasteiger partial charge in [-0.15, -0.1) is 0 Å². The molecule has 0 unspecified atom stereocenters. The van der Waals surface area contributed by atoms with Gasteiger partial charge in [-0.1, -0.05) is 210 Å². The molecule has 73 heavy (non-hydrogen) atoms. The molecule has 0 aliphatic carbocycles. The molecule has 0 aromatic heterocycles. The van der Waals surface area contributed by atoms with Crippen LogP contribution in [0, 0.1) is 34.6 Å². The topological polar surface area (TPSA) is 6.48 Å². The molecule has 350 valence electrons. The van der Waals surface area contributed by atoms with E-state index in [2.05, 4.69) is 293 Å². The van der Waals surface area contributed by atoms with Crippen molar-refractivity contribution in [3.63, 3.8) is 0 Å². The maximum Gasteiger partial charge on any atom is 0.0540 e. The second kappa shape index (κ2) is 19.0. The summed E-state index contributed by atoms with van der Waals surface area (Å²) in [6.45, 7) is 10.7. The van der Waals surface area contributed by atoms with E-state index in [0.717, 1.165) is 45.3 Å². The number of anilines is 6. The predicted molar refractivity (Wildman–Crippen MR) is 316 cm³/mol. The van der Waals surface area contributed by atoms with Gasteiger partial charge in [-0.3, -0.25) is 0 Å². The minimum absolute atomic E-state index is 1.10. The molecule has 0 atom stereocenters. The van der Waals surface area contributed by atoms with Crippen molar-refractivity contribution in [1.29, 1.82) is 0 Å². The molecule has 2 heteroatoms. The molecule has 0 bridgehead atoms. The van der Waals surface area contributed by atoms with Gasteiger partial charge in [0.1, 0.15) is 0 Å². The summed E-state index contributed by atoms with van der Waals surface area (Å²) in [5, 5.41) is 9.98. The highest BCUT2D eigenvalue weighted by molar-refractivity contribution is 6.35. The van der Waals surface area contributed by atoms with Crippen LogP contribution in [0.5, 0.6) is 0 Å². The Bertz CT molecular complexity index is 3930. The van der Waals surface area contributed by atoms with Crippen LogP contribution in [0.15, 0.2) is 231 Å². The van der Waals surface area contributed by atoms with Crippen LogP contribution >= 0.6 is 0 Å². The molecule has 0 N–H and O–H groups in total. The summed E-state index contributed by atoms with van der Waals surface area (Å²) in [5.41, 5.74) is 20.1. The van der Waals surface area contributed by atoms with E-state index in [1.807, 2.05) is 0 Å². The Balaban J connectivity index is 0.976. The lowest BCUT2D eigenvalue weighted by molar-refractivity contribution is 1.29. The van der Waals surface area contributed by atoms with Crippen LogP contribution in [0.3, 0.4) is 0 Å². The van der Waals surface area contributed by atoms with Gasteiger partial charge in [-0.2, -0.15) is 0 Å². The first-order valence-corrected chi connectivity index (χ1v) is 25.4. The Morgan fingerprint density at radius 3 is 0.945 bits per heavy atom. The first-order chi connectivity index (χ1) is 35.7. The van der Waals surface area contributed by atoms with Crippen molar-refractivity contribution in [1.82, 2.24) is 0 Å². The molecule has 0 fully saturated rings. The van der Waals surface area contributed by atoms with Gasteiger partial charge in [0, 0.05) is 33.5 Å². The highest BCUT2D eigenvalue weighted by Crippen LogP contribution is 2.49. The van der Waals surface area contributed by atoms with Crippen LogP contribution in [0.25, 0.3) is 66.9 Å². The molecule has 0 saturated heterocycles. The summed E-state index contributed by atoms with van der Waals surface area (Å²) < 4.78 is 0. The fourth-order valence-corrected chi connectivity index (χ4v) is 10.6. The van der Waals surface area contributed by atoms with Gasteiger partial charge < -0.3 is 9.80 Å². The van der Waals surface area contributed by atoms with Crippen molar-refractivity contribution in [3.8, 4) is 0 Å². The van der Waals surface area contributed by atoms with E-state index in [0.29, 0.717) is 0 Å². The quantitative estimate of drug-likeness (QED) is 0.0724. The highest BCUT2D eigenvalue weighted by Gasteiger charge is 2.23. The molecule has 0 aliphatic heterocycles. The Hall–Kier alpha value is -8.98. The molecule has 12 aromatic rings. The van der Waals surface area contributed by atoms with E-state index in [1.54, 1.807) is 0 Å². The van der Waals surface area contributed by atoms with Crippen LogP contribution in [0.1, 0.15) is 55.6 Å². The molecule has 0 radical (unpaired) electrons. The number of aryl methyl sites for hydroxylation is 5. The number of benzene rings is 12. The zero-order chi connectivity index (χ0) is 49.6. The normalized spacial score (nSPS) is 11.6. The monoisotopic (exact) mass is 936 g/mol. The Kier molecular flexibility index (Phi) is 11.7. The van der Waals surface area contributed by atoms with E-state index >= 15 is 0 Å². The van der Waals surface area contributed by atoms with E-state index in [4.69, 9.17) is 0 Å². The summed E-state index contributed by atoms with van der Waals surface area (Å²) in [6.07, 6.45) is 6.70. The Labute approximate surface area is 429 Å². The maximum atomic E-state index is 2.43. The van der Waals surface area contributed by atoms with Crippen LogP contribution in [-0.2, 0) is 0 Å². The second-order valence-electron chi connectivity index (χ2n) is 19.8. The summed E-state index contributed by atoms with van der Waals surface area (Å²) in [6, 6.07) is 85.3. The van der Waals surface area contributed by atoms with E-state index in [1.165, 1.54) is 93.2 Å². The maximum absolute atomic E-state index is 2.43. The van der Waals surface area contributed by atoms with Crippen molar-refractivity contribution in [3.05, 3.63) is 286 Å². The van der Waals surface area contributed by atoms with E-state index in [-0.39, 0.29) is 0 Å². The van der Waals surface area contributed by atoms with Crippen molar-refractivity contribution in [2.75, 3.05) is 9.80 Å². The molecule has 12 aromatic carbocycles. The van der Waals surface area contributed by atoms with Crippen molar-refractivity contribution in [2.45, 2.75) is 34.6 Å². The Morgan fingerprint density at radius 2 is 0.562 bits per heavy atom. The fourth-order valence-electron chi connectivity index (χ4n) is 10.6. The molecule has 0 heterocycles. The average molecular weight is 937 g/mol. The highest BCUT2D eigenvalue weighted by atomic mass is 15.1. The van der Waals surface area contributed by atoms with Gasteiger partial charge in [0.25, 0.3) is 0 Å². The third kappa shape index (κ3) is 8.72. The smallest absolute Gasteiger partial charge is 0.0540 e. The molecule has 0 saturated carbocycles. The van der Waals surface area contributed by atoms with Gasteiger partial charge in [0.2, 0.25) is 0 Å². The van der Waals surface area contributed by atoms with Gasteiger partial charge >= 0.3 is 0 Å². The van der Waals surface area contributed by atoms with Gasteiger partial charge in [-0.25, -0.2) is 0 Å². The molecule has 0 spiro atoms. The molecule has 0 amide bonds. The lowest BCUT2D eigenvalue weighted by atomic mass is 9.88. The lowest BCUT2D eigenvalue weighted by Crippen LogP contribution is -2.11. The third-order valence-corrected chi connectivity index (χ3v) is 14.6. The SMILES string of the molecule is Cc1ccc(/C=C/c2ccc(N(c3ccc(C)cc3)c3ccc4c5cccc6c(N(c7ccc(C)cc7)c7ccc(C=C(c8ccc(C)cc8)c8ccc(C)cc8)cc7)ccc(c7cccc3c74)c65)cc2)cc1. The molecular formula is C71H56N2. The summed E-state index contributed by atoms with van der Waals surface area (Å²) in [5.74, 6) is 0. The van der Waals surface area contributed by atoms with Crippen LogP contribution < -0.4 is 9.80 Å². The first kappa shape index (κ1) is 45.2. The van der Waals surface area contributed by atoms with Gasteiger partial charge in [0.05, 0.1) is 11.4 Å². The van der Waals surface area contributed by atoms with Crippen LogP contribution in [-0.4, -0.2) is 0 Å². The Morgan fingerprint density at radius 1 is 0.274 bits per heavy atom. The average Bonchev–Trinajstić information content (AvgIpc) is 3.42. The summed E-state index contributed by atoms with van der Waals surface area (Å²) in [4.78, 5) is 4.85. The zero-order valence-corrected chi connectivity index (χ0v) is 42.1. The van der Waals surface area contributed by atoms with Crippen LogP contribution in [0.4, 0.5) is 34.1 Å². The van der Waals surface area contributed by atoms with Crippen molar-refractivity contribution in [2.24, 2.45) is 0 Å². The molecular weight excluding hydrogens is 881 g/mol. The minimum atomic E-state index is 1.10. The number of hydrogen-bond acceptors (Lipinski definition) is 2. The van der Waals surface area contributed by atoms with Crippen LogP contribution in [0.2, 0.25) is 0 Å². The first-order valence-electron chi connectivity index (χ1n) is 25.4. The zero-order valence-electron chi connectivity index (χ0n) is 42.1. The fraction of sp³-hybridized carbons (Fsp3) is 0.0704.